The van der Waals surface area contributed by atoms with Crippen molar-refractivity contribution in [1.82, 2.24) is 9.21 Å². The van der Waals surface area contributed by atoms with E-state index in [-0.39, 0.29) is 12.5 Å². The zero-order valence-electron chi connectivity index (χ0n) is 8.14. The predicted octanol–water partition coefficient (Wildman–Crippen LogP) is -1.95. The molecule has 0 spiro atoms. The van der Waals surface area contributed by atoms with E-state index in [9.17, 15) is 13.2 Å². The fraction of sp³-hybridized carbons (Fsp3) is 0.857. The van der Waals surface area contributed by atoms with Gasteiger partial charge >= 0.3 is 0 Å². The lowest BCUT2D eigenvalue weighted by Crippen LogP contribution is -2.51. The SMILES string of the molecule is CS(=O)(=O)N1CCN(C(=O)CN)CC1. The third kappa shape index (κ3) is 2.66. The van der Waals surface area contributed by atoms with Gasteiger partial charge in [0, 0.05) is 26.2 Å². The number of nitrogens with two attached hydrogens (primary N) is 1. The van der Waals surface area contributed by atoms with Gasteiger partial charge in [0.1, 0.15) is 0 Å². The summed E-state index contributed by atoms with van der Waals surface area (Å²) >= 11 is 0. The number of rotatable bonds is 2. The van der Waals surface area contributed by atoms with E-state index < -0.39 is 10.0 Å². The number of carbonyl (C=O) groups is 1. The van der Waals surface area contributed by atoms with Crippen LogP contribution in [0.5, 0.6) is 0 Å². The summed E-state index contributed by atoms with van der Waals surface area (Å²) in [5.41, 5.74) is 5.20. The van der Waals surface area contributed by atoms with Gasteiger partial charge in [0.2, 0.25) is 15.9 Å². The first kappa shape index (κ1) is 11.4. The van der Waals surface area contributed by atoms with Gasteiger partial charge in [-0.25, -0.2) is 8.42 Å². The van der Waals surface area contributed by atoms with Gasteiger partial charge in [0.25, 0.3) is 0 Å². The second kappa shape index (κ2) is 4.24. The normalized spacial score (nSPS) is 19.7. The third-order valence-electron chi connectivity index (χ3n) is 2.23. The Labute approximate surface area is 83.7 Å². The number of amides is 1. The van der Waals surface area contributed by atoms with Crippen molar-refractivity contribution < 1.29 is 13.2 Å². The lowest BCUT2D eigenvalue weighted by atomic mass is 10.3. The largest absolute Gasteiger partial charge is 0.339 e. The first-order chi connectivity index (χ1) is 6.45. The Morgan fingerprint density at radius 1 is 1.29 bits per heavy atom. The fourth-order valence-corrected chi connectivity index (χ4v) is 2.22. The minimum atomic E-state index is -3.12. The van der Waals surface area contributed by atoms with Crippen LogP contribution in [0, 0.1) is 0 Å². The van der Waals surface area contributed by atoms with E-state index in [0.717, 1.165) is 0 Å². The third-order valence-corrected chi connectivity index (χ3v) is 3.54. The highest BCUT2D eigenvalue weighted by Crippen LogP contribution is 2.05. The van der Waals surface area contributed by atoms with E-state index in [2.05, 4.69) is 0 Å². The minimum absolute atomic E-state index is 0.0150. The Balaban J connectivity index is 2.51. The van der Waals surface area contributed by atoms with E-state index >= 15 is 0 Å². The topological polar surface area (TPSA) is 83.7 Å². The zero-order valence-corrected chi connectivity index (χ0v) is 8.96. The molecule has 1 amide bonds. The van der Waals surface area contributed by atoms with Crippen LogP contribution in [0.15, 0.2) is 0 Å². The molecule has 7 heteroatoms. The van der Waals surface area contributed by atoms with Gasteiger partial charge in [-0.2, -0.15) is 4.31 Å². The van der Waals surface area contributed by atoms with Crippen molar-refractivity contribution in [1.29, 1.82) is 0 Å². The minimum Gasteiger partial charge on any atom is -0.339 e. The molecule has 2 N–H and O–H groups in total. The molecule has 0 bridgehead atoms. The Kier molecular flexibility index (Phi) is 3.46. The molecular formula is C7H15N3O3S. The molecule has 1 heterocycles. The Morgan fingerprint density at radius 2 is 1.79 bits per heavy atom. The summed E-state index contributed by atoms with van der Waals surface area (Å²) in [6.07, 6.45) is 1.17. The molecule has 1 aliphatic rings. The second-order valence-electron chi connectivity index (χ2n) is 3.25. The van der Waals surface area contributed by atoms with Crippen LogP contribution in [0.25, 0.3) is 0 Å². The van der Waals surface area contributed by atoms with Crippen LogP contribution in [0.1, 0.15) is 0 Å². The van der Waals surface area contributed by atoms with Gasteiger partial charge in [-0.15, -0.1) is 0 Å². The highest BCUT2D eigenvalue weighted by atomic mass is 32.2. The van der Waals surface area contributed by atoms with Gasteiger partial charge in [-0.05, 0) is 0 Å². The first-order valence-corrected chi connectivity index (χ1v) is 6.23. The van der Waals surface area contributed by atoms with Gasteiger partial charge in [0.15, 0.2) is 0 Å². The van der Waals surface area contributed by atoms with Crippen LogP contribution in [0.3, 0.4) is 0 Å². The Morgan fingerprint density at radius 3 is 2.14 bits per heavy atom. The number of sulfonamides is 1. The molecule has 6 nitrogen and oxygen atoms in total. The molecule has 0 aromatic heterocycles. The Bertz CT molecular complexity index is 306. The van der Waals surface area contributed by atoms with Crippen molar-refractivity contribution in [3.63, 3.8) is 0 Å². The maximum absolute atomic E-state index is 11.2. The van der Waals surface area contributed by atoms with Crippen molar-refractivity contribution in [2.24, 2.45) is 5.73 Å². The van der Waals surface area contributed by atoms with Gasteiger partial charge in [-0.3, -0.25) is 4.79 Å². The number of hydrogen-bond donors (Lipinski definition) is 1. The van der Waals surface area contributed by atoms with E-state index in [1.807, 2.05) is 0 Å². The van der Waals surface area contributed by atoms with Crippen molar-refractivity contribution in [2.75, 3.05) is 39.0 Å². The van der Waals surface area contributed by atoms with Crippen molar-refractivity contribution in [3.8, 4) is 0 Å². The summed E-state index contributed by atoms with van der Waals surface area (Å²) in [5.74, 6) is -0.127. The maximum atomic E-state index is 11.2. The number of piperazine rings is 1. The summed E-state index contributed by atoms with van der Waals surface area (Å²) in [6.45, 7) is 1.58. The predicted molar refractivity (Wildman–Crippen MR) is 52.1 cm³/mol. The summed E-state index contributed by atoms with van der Waals surface area (Å²) < 4.78 is 23.6. The average Bonchev–Trinajstić information content (AvgIpc) is 2.15. The van der Waals surface area contributed by atoms with Crippen molar-refractivity contribution in [3.05, 3.63) is 0 Å². The quantitative estimate of drug-likeness (QED) is 0.587. The first-order valence-electron chi connectivity index (χ1n) is 4.38. The molecule has 1 aliphatic heterocycles. The lowest BCUT2D eigenvalue weighted by Gasteiger charge is -2.32. The van der Waals surface area contributed by atoms with Crippen molar-refractivity contribution >= 4 is 15.9 Å². The van der Waals surface area contributed by atoms with Crippen LogP contribution < -0.4 is 5.73 Å². The molecule has 82 valence electrons. The second-order valence-corrected chi connectivity index (χ2v) is 5.23. The maximum Gasteiger partial charge on any atom is 0.236 e. The molecule has 1 fully saturated rings. The van der Waals surface area contributed by atoms with Crippen molar-refractivity contribution in [2.45, 2.75) is 0 Å². The molecule has 0 aliphatic carbocycles. The van der Waals surface area contributed by atoms with Crippen LogP contribution in [0.2, 0.25) is 0 Å². The van der Waals surface area contributed by atoms with Gasteiger partial charge in [0.05, 0.1) is 12.8 Å². The number of hydrogen-bond acceptors (Lipinski definition) is 4. The van der Waals surface area contributed by atoms with Gasteiger partial charge in [-0.1, -0.05) is 0 Å². The van der Waals surface area contributed by atoms with E-state index in [0.29, 0.717) is 26.2 Å². The van der Waals surface area contributed by atoms with Crippen LogP contribution in [-0.4, -0.2) is 62.5 Å². The molecular weight excluding hydrogens is 206 g/mol. The smallest absolute Gasteiger partial charge is 0.236 e. The van der Waals surface area contributed by atoms with Crippen LogP contribution >= 0.6 is 0 Å². The Hall–Kier alpha value is -0.660. The fourth-order valence-electron chi connectivity index (χ4n) is 1.40. The standard InChI is InChI=1S/C7H15N3O3S/c1-14(12,13)10-4-2-9(3-5-10)7(11)6-8/h2-6,8H2,1H3. The lowest BCUT2D eigenvalue weighted by molar-refractivity contribution is -0.130. The van der Waals surface area contributed by atoms with Crippen LogP contribution in [-0.2, 0) is 14.8 Å². The van der Waals surface area contributed by atoms with E-state index in [1.165, 1.54) is 10.6 Å². The molecule has 0 radical (unpaired) electrons. The molecule has 0 unspecified atom stereocenters. The molecule has 1 rings (SSSR count). The molecule has 0 aromatic carbocycles. The van der Waals surface area contributed by atoms with E-state index in [4.69, 9.17) is 5.73 Å². The summed E-state index contributed by atoms with van der Waals surface area (Å²) in [6, 6.07) is 0. The molecule has 0 saturated carbocycles. The molecule has 1 saturated heterocycles. The summed E-state index contributed by atoms with van der Waals surface area (Å²) in [7, 11) is -3.12. The molecule has 0 atom stereocenters. The highest BCUT2D eigenvalue weighted by molar-refractivity contribution is 7.88. The summed E-state index contributed by atoms with van der Waals surface area (Å²) in [5, 5.41) is 0. The monoisotopic (exact) mass is 221 g/mol. The number of carbonyl (C=O) groups excluding carboxylic acids is 1. The zero-order chi connectivity index (χ0) is 10.8. The molecule has 0 aromatic rings. The van der Waals surface area contributed by atoms with Gasteiger partial charge < -0.3 is 10.6 Å². The van der Waals surface area contributed by atoms with Crippen LogP contribution in [0.4, 0.5) is 0 Å². The summed E-state index contributed by atoms with van der Waals surface area (Å²) in [4.78, 5) is 12.7. The van der Waals surface area contributed by atoms with E-state index in [1.54, 1.807) is 4.90 Å². The average molecular weight is 221 g/mol. The highest BCUT2D eigenvalue weighted by Gasteiger charge is 2.24. The molecule has 14 heavy (non-hydrogen) atoms. The number of nitrogens with zero attached hydrogens (tertiary/aromatic N) is 2.